The summed E-state index contributed by atoms with van der Waals surface area (Å²) in [5, 5.41) is 0.987. The molecule has 0 aliphatic heterocycles. The smallest absolute Gasteiger partial charge is 0.118 e. The van der Waals surface area contributed by atoms with Crippen molar-refractivity contribution in [1.29, 1.82) is 0 Å². The van der Waals surface area contributed by atoms with Gasteiger partial charge in [-0.2, -0.15) is 0 Å². The van der Waals surface area contributed by atoms with E-state index in [0.717, 1.165) is 22.1 Å². The van der Waals surface area contributed by atoms with E-state index in [1.165, 1.54) is 5.56 Å². The lowest BCUT2D eigenvalue weighted by atomic mass is 10.2. The summed E-state index contributed by atoms with van der Waals surface area (Å²) in [6.45, 7) is 0.659. The SMILES string of the molecule is COc1ccc(Sc2ccc(CCN)cn2)cc1. The Morgan fingerprint density at radius 3 is 2.50 bits per heavy atom. The lowest BCUT2D eigenvalue weighted by Crippen LogP contribution is -2.02. The normalized spacial score (nSPS) is 10.3. The third-order valence-electron chi connectivity index (χ3n) is 2.51. The van der Waals surface area contributed by atoms with E-state index >= 15 is 0 Å². The monoisotopic (exact) mass is 260 g/mol. The summed E-state index contributed by atoms with van der Waals surface area (Å²) in [5.41, 5.74) is 6.68. The Bertz CT molecular complexity index is 482. The number of hydrogen-bond donors (Lipinski definition) is 1. The fourth-order valence-electron chi connectivity index (χ4n) is 1.55. The van der Waals surface area contributed by atoms with E-state index < -0.39 is 0 Å². The molecule has 0 saturated carbocycles. The Balaban J connectivity index is 2.03. The standard InChI is InChI=1S/C14H16N2OS/c1-17-12-3-5-13(6-4-12)18-14-7-2-11(8-9-15)10-16-14/h2-7,10H,8-9,15H2,1H3. The van der Waals surface area contributed by atoms with E-state index in [1.807, 2.05) is 36.5 Å². The molecule has 2 rings (SSSR count). The first-order valence-corrected chi connectivity index (χ1v) is 6.60. The Hall–Kier alpha value is -1.52. The molecule has 0 amide bonds. The van der Waals surface area contributed by atoms with E-state index in [1.54, 1.807) is 18.9 Å². The molecule has 2 N–H and O–H groups in total. The molecule has 0 spiro atoms. The molecule has 0 radical (unpaired) electrons. The summed E-state index contributed by atoms with van der Waals surface area (Å²) in [5.74, 6) is 0.866. The Kier molecular flexibility index (Phi) is 4.61. The second-order valence-corrected chi connectivity index (χ2v) is 4.91. The Labute approximate surface area is 111 Å². The molecule has 94 valence electrons. The number of nitrogens with zero attached hydrogens (tertiary/aromatic N) is 1. The van der Waals surface area contributed by atoms with Crippen molar-refractivity contribution < 1.29 is 4.74 Å². The number of nitrogens with two attached hydrogens (primary N) is 1. The second-order valence-electron chi connectivity index (χ2n) is 3.82. The van der Waals surface area contributed by atoms with Crippen molar-refractivity contribution in [3.63, 3.8) is 0 Å². The van der Waals surface area contributed by atoms with Crippen LogP contribution in [0.5, 0.6) is 5.75 Å². The Morgan fingerprint density at radius 2 is 1.94 bits per heavy atom. The van der Waals surface area contributed by atoms with Crippen molar-refractivity contribution in [2.24, 2.45) is 5.73 Å². The maximum absolute atomic E-state index is 5.50. The van der Waals surface area contributed by atoms with E-state index in [9.17, 15) is 0 Å². The summed E-state index contributed by atoms with van der Waals surface area (Å²) in [6.07, 6.45) is 2.76. The summed E-state index contributed by atoms with van der Waals surface area (Å²) in [6, 6.07) is 12.1. The van der Waals surface area contributed by atoms with Crippen molar-refractivity contribution >= 4 is 11.8 Å². The minimum absolute atomic E-state index is 0.659. The zero-order chi connectivity index (χ0) is 12.8. The van der Waals surface area contributed by atoms with Gasteiger partial charge in [-0.25, -0.2) is 4.98 Å². The Morgan fingerprint density at radius 1 is 1.17 bits per heavy atom. The molecule has 18 heavy (non-hydrogen) atoms. The van der Waals surface area contributed by atoms with Gasteiger partial charge in [0.15, 0.2) is 0 Å². The first-order chi connectivity index (χ1) is 8.81. The highest BCUT2D eigenvalue weighted by Crippen LogP contribution is 2.27. The van der Waals surface area contributed by atoms with Crippen molar-refractivity contribution in [2.45, 2.75) is 16.3 Å². The van der Waals surface area contributed by atoms with Gasteiger partial charge in [-0.15, -0.1) is 0 Å². The van der Waals surface area contributed by atoms with Crippen molar-refractivity contribution in [1.82, 2.24) is 4.98 Å². The molecule has 3 nitrogen and oxygen atoms in total. The van der Waals surface area contributed by atoms with E-state index in [4.69, 9.17) is 10.5 Å². The molecular weight excluding hydrogens is 244 g/mol. The van der Waals surface area contributed by atoms with Crippen molar-refractivity contribution in [3.8, 4) is 5.75 Å². The highest BCUT2D eigenvalue weighted by molar-refractivity contribution is 7.99. The molecule has 0 unspecified atom stereocenters. The number of aromatic nitrogens is 1. The van der Waals surface area contributed by atoms with Gasteiger partial charge in [0, 0.05) is 11.1 Å². The third kappa shape index (κ3) is 3.48. The first-order valence-electron chi connectivity index (χ1n) is 5.78. The summed E-state index contributed by atoms with van der Waals surface area (Å²) < 4.78 is 5.13. The van der Waals surface area contributed by atoms with Crippen LogP contribution in [0.1, 0.15) is 5.56 Å². The van der Waals surface area contributed by atoms with Crippen LogP contribution in [0.4, 0.5) is 0 Å². The quantitative estimate of drug-likeness (QED) is 0.898. The van der Waals surface area contributed by atoms with E-state index in [2.05, 4.69) is 11.1 Å². The summed E-state index contributed by atoms with van der Waals surface area (Å²) >= 11 is 1.64. The van der Waals surface area contributed by atoms with Crippen LogP contribution in [-0.4, -0.2) is 18.6 Å². The minimum atomic E-state index is 0.659. The lowest BCUT2D eigenvalue weighted by Gasteiger charge is -2.04. The maximum atomic E-state index is 5.50. The second kappa shape index (κ2) is 6.42. The van der Waals surface area contributed by atoms with E-state index in [-0.39, 0.29) is 0 Å². The van der Waals surface area contributed by atoms with Crippen LogP contribution in [0, 0.1) is 0 Å². The van der Waals surface area contributed by atoms with Gasteiger partial charge in [-0.3, -0.25) is 0 Å². The summed E-state index contributed by atoms with van der Waals surface area (Å²) in [7, 11) is 1.67. The topological polar surface area (TPSA) is 48.1 Å². The van der Waals surface area contributed by atoms with Crippen molar-refractivity contribution in [2.75, 3.05) is 13.7 Å². The lowest BCUT2D eigenvalue weighted by molar-refractivity contribution is 0.414. The largest absolute Gasteiger partial charge is 0.497 e. The van der Waals surface area contributed by atoms with Crippen LogP contribution < -0.4 is 10.5 Å². The molecule has 0 bridgehead atoms. The van der Waals surface area contributed by atoms with Crippen LogP contribution in [0.15, 0.2) is 52.5 Å². The highest BCUT2D eigenvalue weighted by atomic mass is 32.2. The molecule has 0 saturated heterocycles. The molecular formula is C14H16N2OS. The van der Waals surface area contributed by atoms with Gasteiger partial charge >= 0.3 is 0 Å². The number of methoxy groups -OCH3 is 1. The number of benzene rings is 1. The zero-order valence-corrected chi connectivity index (χ0v) is 11.1. The average Bonchev–Trinajstić information content (AvgIpc) is 2.42. The van der Waals surface area contributed by atoms with E-state index in [0.29, 0.717) is 6.54 Å². The fraction of sp³-hybridized carbons (Fsp3) is 0.214. The average molecular weight is 260 g/mol. The van der Waals surface area contributed by atoms with Crippen molar-refractivity contribution in [3.05, 3.63) is 48.2 Å². The summed E-state index contributed by atoms with van der Waals surface area (Å²) in [4.78, 5) is 5.56. The fourth-order valence-corrected chi connectivity index (χ4v) is 2.31. The van der Waals surface area contributed by atoms with Gasteiger partial charge in [0.05, 0.1) is 7.11 Å². The van der Waals surface area contributed by atoms with Crippen LogP contribution >= 0.6 is 11.8 Å². The molecule has 0 atom stereocenters. The molecule has 2 aromatic rings. The molecule has 1 aromatic carbocycles. The molecule has 1 heterocycles. The number of hydrogen-bond acceptors (Lipinski definition) is 4. The van der Waals surface area contributed by atoms with Crippen LogP contribution in [-0.2, 0) is 6.42 Å². The zero-order valence-electron chi connectivity index (χ0n) is 10.3. The number of pyridine rings is 1. The molecule has 4 heteroatoms. The third-order valence-corrected chi connectivity index (χ3v) is 3.47. The predicted molar refractivity (Wildman–Crippen MR) is 74.1 cm³/mol. The minimum Gasteiger partial charge on any atom is -0.497 e. The van der Waals surface area contributed by atoms with Crippen LogP contribution in [0.3, 0.4) is 0 Å². The van der Waals surface area contributed by atoms with Gasteiger partial charge in [0.2, 0.25) is 0 Å². The van der Waals surface area contributed by atoms with Gasteiger partial charge in [-0.1, -0.05) is 17.8 Å². The molecule has 0 aliphatic rings. The van der Waals surface area contributed by atoms with Gasteiger partial charge in [0.25, 0.3) is 0 Å². The molecule has 0 fully saturated rings. The van der Waals surface area contributed by atoms with Gasteiger partial charge < -0.3 is 10.5 Å². The van der Waals surface area contributed by atoms with Crippen LogP contribution in [0.2, 0.25) is 0 Å². The predicted octanol–water partition coefficient (Wildman–Crippen LogP) is 2.74. The maximum Gasteiger partial charge on any atom is 0.118 e. The van der Waals surface area contributed by atoms with Crippen LogP contribution in [0.25, 0.3) is 0 Å². The first kappa shape index (κ1) is 12.9. The van der Waals surface area contributed by atoms with Gasteiger partial charge in [-0.05, 0) is 48.9 Å². The number of rotatable bonds is 5. The highest BCUT2D eigenvalue weighted by Gasteiger charge is 2.00. The molecule has 0 aliphatic carbocycles. The van der Waals surface area contributed by atoms with Gasteiger partial charge in [0.1, 0.15) is 10.8 Å². The number of ether oxygens (including phenoxy) is 1. The molecule has 1 aromatic heterocycles.